The Kier molecular flexibility index (Phi) is 6.79. The Bertz CT molecular complexity index is 477. The number of nitrogens with two attached hydrogens (primary N) is 1. The molecule has 102 valence electrons. The molecule has 0 atom stereocenters. The number of hydrogen-bond acceptors (Lipinski definition) is 3. The summed E-state index contributed by atoms with van der Waals surface area (Å²) in [7, 11) is 0. The molecule has 2 N–H and O–H groups in total. The first kappa shape index (κ1) is 15.3. The molecule has 0 heterocycles. The zero-order chi connectivity index (χ0) is 12.6. The molecule has 0 unspecified atom stereocenters. The fraction of sp³-hybridized carbons (Fsp3) is 0.200. The first-order chi connectivity index (χ1) is 8.88. The van der Waals surface area contributed by atoms with Gasteiger partial charge < -0.3 is 15.2 Å². The molecule has 2 aromatic carbocycles. The van der Waals surface area contributed by atoms with Crippen LogP contribution in [0.3, 0.4) is 0 Å². The predicted molar refractivity (Wildman–Crippen MR) is 79.4 cm³/mol. The van der Waals surface area contributed by atoms with Gasteiger partial charge in [-0.25, -0.2) is 0 Å². The van der Waals surface area contributed by atoms with E-state index in [0.717, 1.165) is 23.7 Å². The quantitative estimate of drug-likeness (QED) is 0.821. The molecule has 0 amide bonds. The van der Waals surface area contributed by atoms with Gasteiger partial charge in [0.1, 0.15) is 17.2 Å². The van der Waals surface area contributed by atoms with Gasteiger partial charge in [-0.3, -0.25) is 0 Å². The summed E-state index contributed by atoms with van der Waals surface area (Å²) in [6, 6.07) is 17.3. The number of halogens is 1. The van der Waals surface area contributed by atoms with Crippen LogP contribution < -0.4 is 15.2 Å². The lowest BCUT2D eigenvalue weighted by Gasteiger charge is -2.08. The molecule has 0 saturated heterocycles. The van der Waals surface area contributed by atoms with Crippen molar-refractivity contribution in [3.63, 3.8) is 0 Å². The molecule has 0 aliphatic rings. The summed E-state index contributed by atoms with van der Waals surface area (Å²) in [6.45, 7) is 1.27. The molecule has 0 aromatic heterocycles. The van der Waals surface area contributed by atoms with Gasteiger partial charge in [-0.1, -0.05) is 24.3 Å². The Morgan fingerprint density at radius 1 is 0.842 bits per heavy atom. The molecule has 0 spiro atoms. The van der Waals surface area contributed by atoms with Crippen molar-refractivity contribution in [2.24, 2.45) is 5.73 Å². The molecule has 19 heavy (non-hydrogen) atoms. The van der Waals surface area contributed by atoms with Gasteiger partial charge >= 0.3 is 0 Å². The second-order valence-electron chi connectivity index (χ2n) is 3.88. The fourth-order valence-electron chi connectivity index (χ4n) is 1.53. The minimum atomic E-state index is 0. The normalized spacial score (nSPS) is 9.53. The van der Waals surface area contributed by atoms with E-state index in [2.05, 4.69) is 0 Å². The zero-order valence-electron chi connectivity index (χ0n) is 10.6. The molecular weight excluding hydrogens is 262 g/mol. The lowest BCUT2D eigenvalue weighted by atomic mass is 10.3. The van der Waals surface area contributed by atoms with E-state index in [1.54, 1.807) is 0 Å². The van der Waals surface area contributed by atoms with E-state index in [-0.39, 0.29) is 12.4 Å². The molecule has 4 heteroatoms. The van der Waals surface area contributed by atoms with Crippen molar-refractivity contribution in [2.75, 3.05) is 13.2 Å². The number of benzene rings is 2. The van der Waals surface area contributed by atoms with E-state index >= 15 is 0 Å². The van der Waals surface area contributed by atoms with E-state index < -0.39 is 0 Å². The van der Waals surface area contributed by atoms with Crippen LogP contribution in [0.15, 0.2) is 54.6 Å². The third-order valence-corrected chi connectivity index (χ3v) is 2.40. The van der Waals surface area contributed by atoms with Crippen molar-refractivity contribution in [3.05, 3.63) is 54.6 Å². The number of rotatable bonds is 6. The maximum Gasteiger partial charge on any atom is 0.131 e. The molecular formula is C15H18ClNO2. The van der Waals surface area contributed by atoms with Gasteiger partial charge in [0.25, 0.3) is 0 Å². The van der Waals surface area contributed by atoms with Crippen LogP contribution in [-0.2, 0) is 0 Å². The minimum Gasteiger partial charge on any atom is -0.493 e. The molecule has 0 radical (unpaired) electrons. The van der Waals surface area contributed by atoms with Crippen LogP contribution in [0.2, 0.25) is 0 Å². The second-order valence-corrected chi connectivity index (χ2v) is 3.88. The largest absolute Gasteiger partial charge is 0.493 e. The first-order valence-corrected chi connectivity index (χ1v) is 6.04. The highest BCUT2D eigenvalue weighted by molar-refractivity contribution is 5.85. The zero-order valence-corrected chi connectivity index (χ0v) is 11.4. The average Bonchev–Trinajstić information content (AvgIpc) is 2.41. The van der Waals surface area contributed by atoms with Crippen molar-refractivity contribution in [1.29, 1.82) is 0 Å². The SMILES string of the molecule is Cl.NCCCOc1cccc(Oc2ccccc2)c1. The Labute approximate surface area is 119 Å². The smallest absolute Gasteiger partial charge is 0.131 e. The highest BCUT2D eigenvalue weighted by atomic mass is 35.5. The van der Waals surface area contributed by atoms with Crippen molar-refractivity contribution in [3.8, 4) is 17.2 Å². The summed E-state index contributed by atoms with van der Waals surface area (Å²) in [6.07, 6.45) is 0.851. The second kappa shape index (κ2) is 8.40. The van der Waals surface area contributed by atoms with Crippen molar-refractivity contribution in [2.45, 2.75) is 6.42 Å². The summed E-state index contributed by atoms with van der Waals surface area (Å²) < 4.78 is 11.3. The number of ether oxygens (including phenoxy) is 2. The highest BCUT2D eigenvalue weighted by Crippen LogP contribution is 2.24. The average molecular weight is 280 g/mol. The monoisotopic (exact) mass is 279 g/mol. The van der Waals surface area contributed by atoms with Crippen LogP contribution in [0, 0.1) is 0 Å². The van der Waals surface area contributed by atoms with Gasteiger partial charge in [0.15, 0.2) is 0 Å². The van der Waals surface area contributed by atoms with Gasteiger partial charge in [0, 0.05) is 6.07 Å². The van der Waals surface area contributed by atoms with Gasteiger partial charge in [-0.05, 0) is 37.2 Å². The van der Waals surface area contributed by atoms with Crippen LogP contribution >= 0.6 is 12.4 Å². The predicted octanol–water partition coefficient (Wildman–Crippen LogP) is 3.63. The van der Waals surface area contributed by atoms with Crippen LogP contribution in [0.1, 0.15) is 6.42 Å². The van der Waals surface area contributed by atoms with Crippen LogP contribution in [0.25, 0.3) is 0 Å². The molecule has 0 aliphatic carbocycles. The summed E-state index contributed by atoms with van der Waals surface area (Å²) in [4.78, 5) is 0. The maximum absolute atomic E-state index is 5.72. The summed E-state index contributed by atoms with van der Waals surface area (Å²) in [5.41, 5.74) is 5.42. The summed E-state index contributed by atoms with van der Waals surface area (Å²) >= 11 is 0. The molecule has 2 aromatic rings. The van der Waals surface area contributed by atoms with Gasteiger partial charge in [0.05, 0.1) is 6.61 Å². The van der Waals surface area contributed by atoms with Gasteiger partial charge in [0.2, 0.25) is 0 Å². The lowest BCUT2D eigenvalue weighted by Crippen LogP contribution is -2.05. The lowest BCUT2D eigenvalue weighted by molar-refractivity contribution is 0.312. The molecule has 0 fully saturated rings. The standard InChI is InChI=1S/C15H17NO2.ClH/c16-10-5-11-17-14-8-4-9-15(12-14)18-13-6-2-1-3-7-13;/h1-4,6-9,12H,5,10-11,16H2;1H. The van der Waals surface area contributed by atoms with E-state index in [1.165, 1.54) is 0 Å². The van der Waals surface area contributed by atoms with Crippen molar-refractivity contribution in [1.82, 2.24) is 0 Å². The van der Waals surface area contributed by atoms with E-state index in [4.69, 9.17) is 15.2 Å². The van der Waals surface area contributed by atoms with Crippen molar-refractivity contribution < 1.29 is 9.47 Å². The van der Waals surface area contributed by atoms with Gasteiger partial charge in [-0.2, -0.15) is 0 Å². The highest BCUT2D eigenvalue weighted by Gasteiger charge is 1.99. The van der Waals surface area contributed by atoms with Gasteiger partial charge in [-0.15, -0.1) is 12.4 Å². The van der Waals surface area contributed by atoms with Crippen LogP contribution in [0.4, 0.5) is 0 Å². The third-order valence-electron chi connectivity index (χ3n) is 2.40. The van der Waals surface area contributed by atoms with Crippen LogP contribution in [0.5, 0.6) is 17.2 Å². The molecule has 0 bridgehead atoms. The minimum absolute atomic E-state index is 0. The van der Waals surface area contributed by atoms with E-state index in [1.807, 2.05) is 54.6 Å². The molecule has 0 aliphatic heterocycles. The van der Waals surface area contributed by atoms with Crippen molar-refractivity contribution >= 4 is 12.4 Å². The Hall–Kier alpha value is -1.71. The Morgan fingerprint density at radius 2 is 1.53 bits per heavy atom. The van der Waals surface area contributed by atoms with E-state index in [0.29, 0.717) is 13.2 Å². The topological polar surface area (TPSA) is 44.5 Å². The molecule has 3 nitrogen and oxygen atoms in total. The third kappa shape index (κ3) is 5.20. The summed E-state index contributed by atoms with van der Waals surface area (Å²) in [5, 5.41) is 0. The number of hydrogen-bond donors (Lipinski definition) is 1. The fourth-order valence-corrected chi connectivity index (χ4v) is 1.53. The Balaban J connectivity index is 0.00000180. The Morgan fingerprint density at radius 3 is 2.26 bits per heavy atom. The molecule has 2 rings (SSSR count). The first-order valence-electron chi connectivity index (χ1n) is 6.04. The number of para-hydroxylation sites is 1. The van der Waals surface area contributed by atoms with E-state index in [9.17, 15) is 0 Å². The van der Waals surface area contributed by atoms with Crippen LogP contribution in [-0.4, -0.2) is 13.2 Å². The maximum atomic E-state index is 5.72. The molecule has 0 saturated carbocycles. The summed E-state index contributed by atoms with van der Waals surface area (Å²) in [5.74, 6) is 2.39.